The van der Waals surface area contributed by atoms with Gasteiger partial charge < -0.3 is 10.6 Å². The summed E-state index contributed by atoms with van der Waals surface area (Å²) in [7, 11) is 0. The number of hydrogen-bond donors (Lipinski definition) is 2. The second-order valence-corrected chi connectivity index (χ2v) is 2.95. The molecule has 1 rings (SSSR count). The first-order valence-electron chi connectivity index (χ1n) is 4.66. The van der Waals surface area contributed by atoms with E-state index >= 15 is 0 Å². The highest BCUT2D eigenvalue weighted by atomic mass is 16.1. The molecule has 0 radical (unpaired) electrons. The summed E-state index contributed by atoms with van der Waals surface area (Å²) >= 11 is 0. The molecule has 2 N–H and O–H groups in total. The third-order valence-electron chi connectivity index (χ3n) is 2.03. The average molecular weight is 182 g/mol. The van der Waals surface area contributed by atoms with Gasteiger partial charge in [0, 0.05) is 12.5 Å². The van der Waals surface area contributed by atoms with E-state index in [0.717, 1.165) is 25.9 Å². The molecule has 0 aromatic heterocycles. The molecule has 13 heavy (non-hydrogen) atoms. The first-order chi connectivity index (χ1) is 6.33. The predicted molar refractivity (Wildman–Crippen MR) is 54.2 cm³/mol. The van der Waals surface area contributed by atoms with Crippen molar-refractivity contribution in [2.75, 3.05) is 13.1 Å². The van der Waals surface area contributed by atoms with Crippen molar-refractivity contribution < 1.29 is 4.79 Å². The highest BCUT2D eigenvalue weighted by Crippen LogP contribution is 2.01. The van der Waals surface area contributed by atoms with Crippen LogP contribution >= 0.6 is 0 Å². The van der Waals surface area contributed by atoms with Crippen molar-refractivity contribution in [3.05, 3.63) is 0 Å². The lowest BCUT2D eigenvalue weighted by Crippen LogP contribution is -2.42. The van der Waals surface area contributed by atoms with Gasteiger partial charge >= 0.3 is 0 Å². The Labute approximate surface area is 80.3 Å². The SMILES string of the molecule is C#C.CCC(=O)NC1CCNCC1. The second-order valence-electron chi connectivity index (χ2n) is 2.95. The molecule has 74 valence electrons. The lowest BCUT2D eigenvalue weighted by molar-refractivity contribution is -0.121. The number of hydrogen-bond acceptors (Lipinski definition) is 2. The fourth-order valence-electron chi connectivity index (χ4n) is 1.30. The van der Waals surface area contributed by atoms with Crippen molar-refractivity contribution in [2.24, 2.45) is 0 Å². The summed E-state index contributed by atoms with van der Waals surface area (Å²) in [6.45, 7) is 3.96. The molecular formula is C10H18N2O. The Morgan fingerprint density at radius 2 is 2.00 bits per heavy atom. The van der Waals surface area contributed by atoms with Gasteiger partial charge in [-0.05, 0) is 25.9 Å². The van der Waals surface area contributed by atoms with Crippen molar-refractivity contribution in [3.63, 3.8) is 0 Å². The lowest BCUT2D eigenvalue weighted by atomic mass is 10.1. The zero-order valence-electron chi connectivity index (χ0n) is 8.18. The highest BCUT2D eigenvalue weighted by Gasteiger charge is 2.13. The quantitative estimate of drug-likeness (QED) is 0.611. The maximum atomic E-state index is 10.9. The van der Waals surface area contributed by atoms with Crippen molar-refractivity contribution in [2.45, 2.75) is 32.2 Å². The van der Waals surface area contributed by atoms with Crippen LogP contribution in [0, 0.1) is 12.8 Å². The fraction of sp³-hybridized carbons (Fsp3) is 0.700. The summed E-state index contributed by atoms with van der Waals surface area (Å²) in [5.41, 5.74) is 0. The third-order valence-corrected chi connectivity index (χ3v) is 2.03. The van der Waals surface area contributed by atoms with Gasteiger partial charge in [0.15, 0.2) is 0 Å². The summed E-state index contributed by atoms with van der Waals surface area (Å²) in [5.74, 6) is 0.178. The van der Waals surface area contributed by atoms with Gasteiger partial charge in [-0.15, -0.1) is 12.8 Å². The Balaban J connectivity index is 0.000000671. The molecule has 0 spiro atoms. The van der Waals surface area contributed by atoms with E-state index in [-0.39, 0.29) is 5.91 Å². The van der Waals surface area contributed by atoms with Crippen molar-refractivity contribution in [1.29, 1.82) is 0 Å². The van der Waals surface area contributed by atoms with E-state index in [1.54, 1.807) is 0 Å². The summed E-state index contributed by atoms with van der Waals surface area (Å²) in [4.78, 5) is 10.9. The van der Waals surface area contributed by atoms with Gasteiger partial charge in [-0.3, -0.25) is 4.79 Å². The Morgan fingerprint density at radius 3 is 2.46 bits per heavy atom. The van der Waals surface area contributed by atoms with Crippen LogP contribution in [0.2, 0.25) is 0 Å². The molecule has 0 aromatic rings. The first kappa shape index (κ1) is 12.0. The van der Waals surface area contributed by atoms with Gasteiger partial charge in [-0.2, -0.15) is 0 Å². The fourth-order valence-corrected chi connectivity index (χ4v) is 1.30. The Kier molecular flexibility index (Phi) is 7.04. The largest absolute Gasteiger partial charge is 0.353 e. The summed E-state index contributed by atoms with van der Waals surface area (Å²) in [5, 5.41) is 6.24. The van der Waals surface area contributed by atoms with E-state index in [4.69, 9.17) is 0 Å². The van der Waals surface area contributed by atoms with Gasteiger partial charge in [0.05, 0.1) is 0 Å². The van der Waals surface area contributed by atoms with Crippen molar-refractivity contribution >= 4 is 5.91 Å². The van der Waals surface area contributed by atoms with E-state index in [1.807, 2.05) is 6.92 Å². The van der Waals surface area contributed by atoms with Gasteiger partial charge in [0.1, 0.15) is 0 Å². The highest BCUT2D eigenvalue weighted by molar-refractivity contribution is 5.75. The Bertz CT molecular complexity index is 160. The van der Waals surface area contributed by atoms with Crippen LogP contribution in [0.5, 0.6) is 0 Å². The number of amides is 1. The van der Waals surface area contributed by atoms with Gasteiger partial charge in [0.25, 0.3) is 0 Å². The number of carbonyl (C=O) groups is 1. The molecule has 1 saturated heterocycles. The predicted octanol–water partition coefficient (Wildman–Crippen LogP) is 0.514. The summed E-state index contributed by atoms with van der Waals surface area (Å²) in [6.07, 6.45) is 10.8. The zero-order chi connectivity index (χ0) is 10.1. The molecule has 1 heterocycles. The lowest BCUT2D eigenvalue weighted by Gasteiger charge is -2.23. The maximum absolute atomic E-state index is 10.9. The molecule has 3 heteroatoms. The molecule has 0 aliphatic carbocycles. The van der Waals surface area contributed by atoms with Crippen LogP contribution < -0.4 is 10.6 Å². The van der Waals surface area contributed by atoms with E-state index < -0.39 is 0 Å². The molecule has 1 fully saturated rings. The van der Waals surface area contributed by atoms with Gasteiger partial charge in [-0.1, -0.05) is 6.92 Å². The minimum atomic E-state index is 0.178. The number of nitrogens with one attached hydrogen (secondary N) is 2. The minimum Gasteiger partial charge on any atom is -0.353 e. The molecule has 1 aliphatic heterocycles. The van der Waals surface area contributed by atoms with Crippen molar-refractivity contribution in [3.8, 4) is 12.8 Å². The monoisotopic (exact) mass is 182 g/mol. The van der Waals surface area contributed by atoms with E-state index in [0.29, 0.717) is 12.5 Å². The molecule has 0 aromatic carbocycles. The van der Waals surface area contributed by atoms with Crippen LogP contribution in [0.4, 0.5) is 0 Å². The van der Waals surface area contributed by atoms with Crippen molar-refractivity contribution in [1.82, 2.24) is 10.6 Å². The summed E-state index contributed by atoms with van der Waals surface area (Å²) < 4.78 is 0. The van der Waals surface area contributed by atoms with Gasteiger partial charge in [-0.25, -0.2) is 0 Å². The van der Waals surface area contributed by atoms with E-state index in [1.165, 1.54) is 0 Å². The van der Waals surface area contributed by atoms with Crippen LogP contribution in [0.3, 0.4) is 0 Å². The number of terminal acetylenes is 1. The van der Waals surface area contributed by atoms with Gasteiger partial charge in [0.2, 0.25) is 5.91 Å². The molecule has 0 saturated carbocycles. The molecule has 0 atom stereocenters. The molecule has 0 unspecified atom stereocenters. The molecule has 3 nitrogen and oxygen atoms in total. The summed E-state index contributed by atoms with van der Waals surface area (Å²) in [6, 6.07) is 0.420. The minimum absolute atomic E-state index is 0.178. The smallest absolute Gasteiger partial charge is 0.219 e. The normalized spacial score (nSPS) is 16.8. The Hall–Kier alpha value is -1.01. The number of rotatable bonds is 2. The number of carbonyl (C=O) groups excluding carboxylic acids is 1. The maximum Gasteiger partial charge on any atom is 0.219 e. The molecule has 1 amide bonds. The topological polar surface area (TPSA) is 41.1 Å². The zero-order valence-corrected chi connectivity index (χ0v) is 8.18. The van der Waals surface area contributed by atoms with E-state index in [2.05, 4.69) is 23.5 Å². The first-order valence-corrected chi connectivity index (χ1v) is 4.66. The van der Waals surface area contributed by atoms with Crippen LogP contribution in [0.15, 0.2) is 0 Å². The molecule has 1 aliphatic rings. The van der Waals surface area contributed by atoms with E-state index in [9.17, 15) is 4.79 Å². The van der Waals surface area contributed by atoms with Crippen LogP contribution in [-0.4, -0.2) is 25.0 Å². The molecule has 0 bridgehead atoms. The molecular weight excluding hydrogens is 164 g/mol. The van der Waals surface area contributed by atoms with Crippen LogP contribution in [-0.2, 0) is 4.79 Å². The second kappa shape index (κ2) is 7.63. The Morgan fingerprint density at radius 1 is 1.46 bits per heavy atom. The third kappa shape index (κ3) is 5.26. The number of piperidine rings is 1. The van der Waals surface area contributed by atoms with Crippen LogP contribution in [0.25, 0.3) is 0 Å². The standard InChI is InChI=1S/C8H16N2O.C2H2/c1-2-8(11)10-7-3-5-9-6-4-7;1-2/h7,9H,2-6H2,1H3,(H,10,11);1-2H. The van der Waals surface area contributed by atoms with Crippen LogP contribution in [0.1, 0.15) is 26.2 Å². The average Bonchev–Trinajstić information content (AvgIpc) is 2.22.